The SMILES string of the molecule is NC(=O)C[n+]1ccccc1-c1c2nc(c(-c3cccc[n+]3CC(N)=O)c3ccc([n-]3)c(-c3cccc[n+]3CC(N)=O)c3nc(c(-c4cccc[n+]4CC(N)=O)c4ccc1[n-]4)C=C3)C=C2.O.O.[Br-].[Br-].[Br-].[Br-].[Mn+2]. The van der Waals surface area contributed by atoms with Gasteiger partial charge in [-0.3, -0.25) is 19.2 Å². The predicted octanol–water partition coefficient (Wildman–Crippen LogP) is -12.0. The maximum absolute atomic E-state index is 12.5. The molecule has 2 aliphatic heterocycles. The van der Waals surface area contributed by atoms with Crippen molar-refractivity contribution >= 4 is 70.0 Å². The van der Waals surface area contributed by atoms with E-state index in [4.69, 9.17) is 42.9 Å². The molecular formula is C48H44Br4MnN12O6. The number of amides is 4. The first-order valence-corrected chi connectivity index (χ1v) is 20.2. The van der Waals surface area contributed by atoms with E-state index in [0.717, 1.165) is 0 Å². The number of aromatic nitrogens is 8. The molecule has 0 spiro atoms. The first-order chi connectivity index (χ1) is 31.0. The van der Waals surface area contributed by atoms with Crippen molar-refractivity contribution in [3.05, 3.63) is 145 Å². The standard InChI is InChI=1S/C48H38N12O4.4BrH.Mn.2H2O/c49-41(61)25-57-21-5-1-9-37(57)45-29-13-15-31(53-29)46(38-10-2-6-22-58(38)26-42(50)62)33-17-19-35(55-33)48(40-12-4-8-24-60(40)28-44(52)64)36-20-18-34(56-36)47(32-16-14-30(45)54-32)39-11-3-7-23-59(39)27-43(51)63;;;;;;;/h1-24H,25-28H2,(H6-3,49,50,51,52,53,54,55,56,61,62,63,64);4*1H;;2*1H2/q;;;;;+2;;/p-2. The smallest absolute Gasteiger partial charge is 1.00 e. The largest absolute Gasteiger partial charge is 2.00 e. The molecule has 0 saturated carbocycles. The number of nitrogens with zero attached hydrogens (tertiary/aromatic N) is 8. The van der Waals surface area contributed by atoms with Crippen molar-refractivity contribution in [2.24, 2.45) is 22.9 Å². The van der Waals surface area contributed by atoms with Gasteiger partial charge in [0.25, 0.3) is 23.6 Å². The first kappa shape index (κ1) is 60.6. The fourth-order valence-corrected chi connectivity index (χ4v) is 8.17. The van der Waals surface area contributed by atoms with Gasteiger partial charge in [-0.1, -0.05) is 24.3 Å². The number of fused-ring (bicyclic) bond motifs is 8. The van der Waals surface area contributed by atoms with Crippen molar-refractivity contribution in [3.8, 4) is 45.0 Å². The van der Waals surface area contributed by atoms with Crippen molar-refractivity contribution in [2.45, 2.75) is 26.2 Å². The Morgan fingerprint density at radius 3 is 0.789 bits per heavy atom. The van der Waals surface area contributed by atoms with Crippen LogP contribution in [0.3, 0.4) is 0 Å². The van der Waals surface area contributed by atoms with Crippen molar-refractivity contribution in [2.75, 3.05) is 0 Å². The summed E-state index contributed by atoms with van der Waals surface area (Å²) < 4.78 is 6.97. The number of carbonyl (C=O) groups is 4. The van der Waals surface area contributed by atoms with E-state index < -0.39 is 23.6 Å². The summed E-state index contributed by atoms with van der Waals surface area (Å²) in [5.41, 5.74) is 32.0. The van der Waals surface area contributed by atoms with Crippen LogP contribution in [0, 0.1) is 0 Å². The normalized spacial score (nSPS) is 10.6. The first-order valence-electron chi connectivity index (χ1n) is 20.2. The third kappa shape index (κ3) is 12.7. The summed E-state index contributed by atoms with van der Waals surface area (Å²) >= 11 is 0. The van der Waals surface area contributed by atoms with Crippen molar-refractivity contribution < 1.29 is 133 Å². The molecule has 367 valence electrons. The molecule has 9 heterocycles. The minimum Gasteiger partial charge on any atom is -1.00 e. The number of pyridine rings is 4. The zero-order chi connectivity index (χ0) is 44.5. The molecule has 18 nitrogen and oxygen atoms in total. The fraction of sp³-hybridized carbons (Fsp3) is 0.0833. The topological polar surface area (TPSA) is 305 Å². The van der Waals surface area contributed by atoms with Crippen LogP contribution in [0.1, 0.15) is 22.8 Å². The van der Waals surface area contributed by atoms with Gasteiger partial charge in [0.1, 0.15) is 0 Å². The Hall–Kier alpha value is -6.56. The van der Waals surface area contributed by atoms with E-state index >= 15 is 0 Å². The summed E-state index contributed by atoms with van der Waals surface area (Å²) in [4.78, 5) is 70.9. The second-order valence-electron chi connectivity index (χ2n) is 15.1. The minimum atomic E-state index is -0.543. The second kappa shape index (κ2) is 26.1. The summed E-state index contributed by atoms with van der Waals surface area (Å²) in [7, 11) is 0. The van der Waals surface area contributed by atoms with E-state index in [1.165, 1.54) is 0 Å². The van der Waals surface area contributed by atoms with Crippen LogP contribution >= 0.6 is 0 Å². The molecule has 23 heteroatoms. The Morgan fingerprint density at radius 2 is 0.592 bits per heavy atom. The molecule has 2 aliphatic rings. The van der Waals surface area contributed by atoms with Crippen molar-refractivity contribution in [1.82, 2.24) is 19.9 Å². The van der Waals surface area contributed by atoms with Gasteiger partial charge in [-0.2, -0.15) is 18.3 Å². The van der Waals surface area contributed by atoms with E-state index in [9.17, 15) is 19.2 Å². The van der Waals surface area contributed by atoms with Crippen LogP contribution in [-0.4, -0.2) is 44.5 Å². The van der Waals surface area contributed by atoms with E-state index in [-0.39, 0.29) is 122 Å². The molecule has 0 saturated heterocycles. The molecule has 9 rings (SSSR count). The van der Waals surface area contributed by atoms with Gasteiger partial charge in [0.15, 0.2) is 24.8 Å². The van der Waals surface area contributed by atoms with Crippen LogP contribution in [0.5, 0.6) is 0 Å². The summed E-state index contributed by atoms with van der Waals surface area (Å²) in [5.74, 6) is -2.17. The van der Waals surface area contributed by atoms with Gasteiger partial charge in [0.2, 0.25) is 49.0 Å². The molecule has 4 amide bonds. The van der Waals surface area contributed by atoms with Gasteiger partial charge in [0.05, 0.1) is 45.0 Å². The monoisotopic (exact) mass is 1250 g/mol. The zero-order valence-electron chi connectivity index (χ0n) is 37.1. The second-order valence-corrected chi connectivity index (χ2v) is 15.1. The average Bonchev–Trinajstić information content (AvgIpc) is 4.11. The van der Waals surface area contributed by atoms with E-state index in [1.807, 2.05) is 97.1 Å². The third-order valence-corrected chi connectivity index (χ3v) is 10.7. The number of hydrogen-bond donors (Lipinski definition) is 4. The van der Waals surface area contributed by atoms with Gasteiger partial charge in [-0.05, 0) is 48.6 Å². The molecule has 7 aromatic heterocycles. The van der Waals surface area contributed by atoms with Crippen molar-refractivity contribution in [3.63, 3.8) is 0 Å². The summed E-state index contributed by atoms with van der Waals surface area (Å²) in [6.45, 7) is -0.484. The Balaban J connectivity index is 0.00000247. The summed E-state index contributed by atoms with van der Waals surface area (Å²) in [6, 6.07) is 29.6. The van der Waals surface area contributed by atoms with E-state index in [2.05, 4.69) is 0 Å². The maximum atomic E-state index is 12.5. The van der Waals surface area contributed by atoms with E-state index in [0.29, 0.717) is 89.9 Å². The molecule has 0 aromatic carbocycles. The van der Waals surface area contributed by atoms with Crippen LogP contribution in [0.25, 0.3) is 91.4 Å². The average molecular weight is 1260 g/mol. The van der Waals surface area contributed by atoms with Crippen LogP contribution < -0.4 is 119 Å². The predicted molar refractivity (Wildman–Crippen MR) is 243 cm³/mol. The zero-order valence-corrected chi connectivity index (χ0v) is 44.6. The van der Waals surface area contributed by atoms with Crippen LogP contribution in [-0.2, 0) is 62.4 Å². The van der Waals surface area contributed by atoms with Crippen LogP contribution in [0.4, 0.5) is 0 Å². The van der Waals surface area contributed by atoms with E-state index in [1.54, 1.807) is 67.3 Å². The van der Waals surface area contributed by atoms with Gasteiger partial charge in [-0.25, -0.2) is 9.97 Å². The van der Waals surface area contributed by atoms with Gasteiger partial charge in [-0.15, -0.1) is 22.1 Å². The van der Waals surface area contributed by atoms with Crippen LogP contribution in [0.2, 0.25) is 0 Å². The number of rotatable bonds is 12. The summed E-state index contributed by atoms with van der Waals surface area (Å²) in [5, 5.41) is 0. The van der Waals surface area contributed by atoms with Gasteiger partial charge < -0.3 is 112 Å². The minimum absolute atomic E-state index is 0. The molecule has 0 fully saturated rings. The van der Waals surface area contributed by atoms with Gasteiger partial charge in [0, 0.05) is 48.5 Å². The summed E-state index contributed by atoms with van der Waals surface area (Å²) in [6.07, 6.45) is 14.5. The molecule has 71 heavy (non-hydrogen) atoms. The molecule has 0 aliphatic carbocycles. The Morgan fingerprint density at radius 1 is 0.380 bits per heavy atom. The fourth-order valence-electron chi connectivity index (χ4n) is 8.17. The number of hydrogen-bond acceptors (Lipinski definition) is 6. The Bertz CT molecular complexity index is 2940. The molecule has 8 bridgehead atoms. The van der Waals surface area contributed by atoms with Crippen LogP contribution in [0.15, 0.2) is 122 Å². The Kier molecular flexibility index (Phi) is 22.2. The molecule has 1 radical (unpaired) electrons. The quantitative estimate of drug-likeness (QED) is 0.0671. The van der Waals surface area contributed by atoms with Gasteiger partial charge >= 0.3 is 17.1 Å². The van der Waals surface area contributed by atoms with Crippen molar-refractivity contribution in [1.29, 1.82) is 0 Å². The number of halogens is 4. The molecule has 12 N–H and O–H groups in total. The molecule has 7 aromatic rings. The Labute approximate surface area is 458 Å². The third-order valence-electron chi connectivity index (χ3n) is 10.7. The molecular weight excluding hydrogens is 1220 g/mol. The number of carbonyl (C=O) groups excluding carboxylic acids is 4. The number of nitrogens with two attached hydrogens (primary N) is 4. The molecule has 0 atom stereocenters. The maximum Gasteiger partial charge on any atom is 2.00 e. The molecule has 0 unspecified atom stereocenters. The number of primary amides is 4.